The summed E-state index contributed by atoms with van der Waals surface area (Å²) in [6.07, 6.45) is 1.92. The quantitative estimate of drug-likeness (QED) is 0.828. The van der Waals surface area contributed by atoms with E-state index in [0.29, 0.717) is 0 Å². The summed E-state index contributed by atoms with van der Waals surface area (Å²) in [4.78, 5) is 5.52. The van der Waals surface area contributed by atoms with Crippen LogP contribution >= 0.6 is 22.9 Å². The Balaban J connectivity index is 2.13. The van der Waals surface area contributed by atoms with Crippen LogP contribution in [0.3, 0.4) is 0 Å². The van der Waals surface area contributed by atoms with Crippen LogP contribution < -0.4 is 5.32 Å². The second kappa shape index (κ2) is 3.63. The molecule has 78 valence electrons. The van der Waals surface area contributed by atoms with Gasteiger partial charge in [0.15, 0.2) is 0 Å². The number of thiophene rings is 1. The molecule has 0 saturated heterocycles. The summed E-state index contributed by atoms with van der Waals surface area (Å²) in [6, 6.07) is 1.93. The lowest BCUT2D eigenvalue weighted by Gasteiger charge is -2.17. The van der Waals surface area contributed by atoms with Crippen molar-refractivity contribution in [3.05, 3.63) is 28.5 Å². The van der Waals surface area contributed by atoms with E-state index in [9.17, 15) is 0 Å². The fraction of sp³-hybridized carbons (Fsp3) is 0.300. The fourth-order valence-electron chi connectivity index (χ4n) is 1.85. The molecule has 2 aromatic rings. The smallest absolute Gasteiger partial charge is 0.123 e. The molecule has 3 heterocycles. The molecule has 0 aromatic carbocycles. The van der Waals surface area contributed by atoms with Gasteiger partial charge in [-0.25, -0.2) is 4.98 Å². The maximum absolute atomic E-state index is 6.13. The standard InChI is InChI=1S/C10H10ClN3S/c11-7-1-4-15-10(7)8-5-13-9-6-12-2-3-14(8)9/h1,4-5,12H,2-3,6H2. The molecule has 3 nitrogen and oxygen atoms in total. The van der Waals surface area contributed by atoms with Crippen molar-refractivity contribution in [2.75, 3.05) is 6.54 Å². The van der Waals surface area contributed by atoms with Crippen LogP contribution in [0.5, 0.6) is 0 Å². The first-order chi connectivity index (χ1) is 7.36. The minimum Gasteiger partial charge on any atom is -0.325 e. The molecule has 0 spiro atoms. The number of fused-ring (bicyclic) bond motifs is 1. The van der Waals surface area contributed by atoms with Gasteiger partial charge >= 0.3 is 0 Å². The monoisotopic (exact) mass is 239 g/mol. The molecule has 0 aliphatic carbocycles. The molecule has 0 atom stereocenters. The highest BCUT2D eigenvalue weighted by molar-refractivity contribution is 7.14. The van der Waals surface area contributed by atoms with E-state index in [1.54, 1.807) is 11.3 Å². The summed E-state index contributed by atoms with van der Waals surface area (Å²) < 4.78 is 2.24. The lowest BCUT2D eigenvalue weighted by Crippen LogP contribution is -2.28. The van der Waals surface area contributed by atoms with E-state index in [1.807, 2.05) is 17.6 Å². The second-order valence-corrected chi connectivity index (χ2v) is 4.81. The summed E-state index contributed by atoms with van der Waals surface area (Å²) in [5, 5.41) is 6.13. The molecule has 5 heteroatoms. The Kier molecular flexibility index (Phi) is 2.27. The number of hydrogen-bond donors (Lipinski definition) is 1. The van der Waals surface area contributed by atoms with E-state index in [0.717, 1.165) is 41.1 Å². The zero-order valence-corrected chi connectivity index (χ0v) is 9.61. The van der Waals surface area contributed by atoms with Crippen molar-refractivity contribution < 1.29 is 0 Å². The van der Waals surface area contributed by atoms with Crippen LogP contribution in [0.4, 0.5) is 0 Å². The lowest BCUT2D eigenvalue weighted by molar-refractivity contribution is 0.509. The predicted molar refractivity (Wildman–Crippen MR) is 62.3 cm³/mol. The van der Waals surface area contributed by atoms with E-state index < -0.39 is 0 Å². The van der Waals surface area contributed by atoms with E-state index in [1.165, 1.54) is 0 Å². The number of nitrogens with zero attached hydrogens (tertiary/aromatic N) is 2. The van der Waals surface area contributed by atoms with Crippen molar-refractivity contribution in [2.45, 2.75) is 13.1 Å². The van der Waals surface area contributed by atoms with Gasteiger partial charge in [-0.1, -0.05) is 11.6 Å². The molecule has 3 rings (SSSR count). The van der Waals surface area contributed by atoms with Crippen LogP contribution in [0.25, 0.3) is 10.6 Å². The van der Waals surface area contributed by atoms with Crippen molar-refractivity contribution in [3.63, 3.8) is 0 Å². The highest BCUT2D eigenvalue weighted by atomic mass is 35.5. The third-order valence-electron chi connectivity index (χ3n) is 2.58. The van der Waals surface area contributed by atoms with Gasteiger partial charge in [0.25, 0.3) is 0 Å². The minimum atomic E-state index is 0.821. The Morgan fingerprint density at radius 2 is 2.47 bits per heavy atom. The molecular weight excluding hydrogens is 230 g/mol. The Bertz CT molecular complexity index is 489. The number of nitrogens with one attached hydrogen (secondary N) is 1. The van der Waals surface area contributed by atoms with Gasteiger partial charge in [0.05, 0.1) is 28.3 Å². The van der Waals surface area contributed by atoms with Gasteiger partial charge < -0.3 is 9.88 Å². The topological polar surface area (TPSA) is 29.9 Å². The zero-order chi connectivity index (χ0) is 10.3. The van der Waals surface area contributed by atoms with Crippen LogP contribution in [-0.2, 0) is 13.1 Å². The predicted octanol–water partition coefficient (Wildman–Crippen LogP) is 2.37. The summed E-state index contributed by atoms with van der Waals surface area (Å²) in [5.41, 5.74) is 1.14. The molecule has 1 N–H and O–H groups in total. The SMILES string of the molecule is Clc1ccsc1-c1cnc2n1CCNC2. The molecule has 1 aliphatic rings. The molecule has 0 amide bonds. The first-order valence-electron chi connectivity index (χ1n) is 4.85. The van der Waals surface area contributed by atoms with E-state index in [4.69, 9.17) is 11.6 Å². The molecule has 0 fully saturated rings. The van der Waals surface area contributed by atoms with E-state index >= 15 is 0 Å². The van der Waals surface area contributed by atoms with Crippen molar-refractivity contribution >= 4 is 22.9 Å². The number of hydrogen-bond acceptors (Lipinski definition) is 3. The second-order valence-electron chi connectivity index (χ2n) is 3.49. The highest BCUT2D eigenvalue weighted by Gasteiger charge is 2.16. The molecule has 0 bridgehead atoms. The molecule has 15 heavy (non-hydrogen) atoms. The number of aromatic nitrogens is 2. The first-order valence-corrected chi connectivity index (χ1v) is 6.10. The third-order valence-corrected chi connectivity index (χ3v) is 3.95. The summed E-state index contributed by atoms with van der Waals surface area (Å²) in [6.45, 7) is 2.82. The molecule has 0 saturated carbocycles. The normalized spacial score (nSPS) is 15.3. The molecule has 0 radical (unpaired) electrons. The van der Waals surface area contributed by atoms with Crippen LogP contribution in [0.2, 0.25) is 5.02 Å². The van der Waals surface area contributed by atoms with Gasteiger partial charge in [0.2, 0.25) is 0 Å². The van der Waals surface area contributed by atoms with Crippen molar-refractivity contribution in [3.8, 4) is 10.6 Å². The average Bonchev–Trinajstić information content (AvgIpc) is 2.83. The zero-order valence-electron chi connectivity index (χ0n) is 8.03. The van der Waals surface area contributed by atoms with Crippen molar-refractivity contribution in [2.24, 2.45) is 0 Å². The Labute approximate surface area is 96.7 Å². The highest BCUT2D eigenvalue weighted by Crippen LogP contribution is 2.33. The number of halogens is 1. The largest absolute Gasteiger partial charge is 0.325 e. The van der Waals surface area contributed by atoms with E-state index in [2.05, 4.69) is 14.9 Å². The lowest BCUT2D eigenvalue weighted by atomic mass is 10.3. The van der Waals surface area contributed by atoms with Crippen molar-refractivity contribution in [1.29, 1.82) is 0 Å². The van der Waals surface area contributed by atoms with Crippen LogP contribution in [0.1, 0.15) is 5.82 Å². The van der Waals surface area contributed by atoms with Crippen LogP contribution in [-0.4, -0.2) is 16.1 Å². The molecule has 0 unspecified atom stereocenters. The number of imidazole rings is 1. The summed E-state index contributed by atoms with van der Waals surface area (Å²) in [7, 11) is 0. The van der Waals surface area contributed by atoms with Gasteiger partial charge in [-0.15, -0.1) is 11.3 Å². The Hall–Kier alpha value is -0.840. The van der Waals surface area contributed by atoms with Crippen molar-refractivity contribution in [1.82, 2.24) is 14.9 Å². The maximum atomic E-state index is 6.13. The molecular formula is C10H10ClN3S. The Morgan fingerprint density at radius 3 is 3.27 bits per heavy atom. The van der Waals surface area contributed by atoms with E-state index in [-0.39, 0.29) is 0 Å². The average molecular weight is 240 g/mol. The van der Waals surface area contributed by atoms with Crippen LogP contribution in [0, 0.1) is 0 Å². The third kappa shape index (κ3) is 1.49. The summed E-state index contributed by atoms with van der Waals surface area (Å²) >= 11 is 7.79. The first kappa shape index (κ1) is 9.39. The number of rotatable bonds is 1. The maximum Gasteiger partial charge on any atom is 0.123 e. The van der Waals surface area contributed by atoms with Gasteiger partial charge in [0, 0.05) is 13.1 Å². The van der Waals surface area contributed by atoms with Gasteiger partial charge in [-0.05, 0) is 11.4 Å². The molecule has 2 aromatic heterocycles. The van der Waals surface area contributed by atoms with Gasteiger partial charge in [-0.3, -0.25) is 0 Å². The minimum absolute atomic E-state index is 0.821. The van der Waals surface area contributed by atoms with Gasteiger partial charge in [-0.2, -0.15) is 0 Å². The fourth-order valence-corrected chi connectivity index (χ4v) is 3.03. The molecule has 1 aliphatic heterocycles. The Morgan fingerprint density at radius 1 is 1.53 bits per heavy atom. The summed E-state index contributed by atoms with van der Waals surface area (Å²) in [5.74, 6) is 1.10. The van der Waals surface area contributed by atoms with Crippen LogP contribution in [0.15, 0.2) is 17.6 Å². The van der Waals surface area contributed by atoms with Gasteiger partial charge in [0.1, 0.15) is 5.82 Å².